The summed E-state index contributed by atoms with van der Waals surface area (Å²) in [7, 11) is -7.05. The van der Waals surface area contributed by atoms with Crippen LogP contribution in [0.25, 0.3) is 0 Å². The highest BCUT2D eigenvalue weighted by molar-refractivity contribution is 7.91. The van der Waals surface area contributed by atoms with Crippen molar-refractivity contribution in [3.63, 3.8) is 0 Å². The van der Waals surface area contributed by atoms with Crippen LogP contribution in [0.4, 0.5) is 0 Å². The molecule has 118 valence electrons. The number of rotatable bonds is 7. The van der Waals surface area contributed by atoms with Crippen LogP contribution in [0.2, 0.25) is 0 Å². The molecule has 0 aliphatic carbocycles. The van der Waals surface area contributed by atoms with Crippen LogP contribution >= 0.6 is 0 Å². The van der Waals surface area contributed by atoms with E-state index < -0.39 is 19.9 Å². The van der Waals surface area contributed by atoms with Gasteiger partial charge in [-0.05, 0) is 26.0 Å². The predicted octanol–water partition coefficient (Wildman–Crippen LogP) is 0.943. The number of hydrogen-bond acceptors (Lipinski definition) is 5. The van der Waals surface area contributed by atoms with Crippen molar-refractivity contribution in [2.45, 2.75) is 24.8 Å². The summed E-state index contributed by atoms with van der Waals surface area (Å²) < 4.78 is 48.7. The van der Waals surface area contributed by atoms with Gasteiger partial charge in [-0.1, -0.05) is 12.1 Å². The molecule has 21 heavy (non-hydrogen) atoms. The molecule has 0 atom stereocenters. The van der Waals surface area contributed by atoms with E-state index in [0.717, 1.165) is 10.6 Å². The van der Waals surface area contributed by atoms with E-state index in [1.165, 1.54) is 24.3 Å². The van der Waals surface area contributed by atoms with Gasteiger partial charge in [-0.3, -0.25) is 4.79 Å². The first kappa shape index (κ1) is 17.8. The van der Waals surface area contributed by atoms with Crippen LogP contribution in [0.5, 0.6) is 0 Å². The van der Waals surface area contributed by atoms with Crippen LogP contribution < -0.4 is 0 Å². The monoisotopic (exact) mass is 333 g/mol. The minimum Gasteiger partial charge on any atom is -0.298 e. The lowest BCUT2D eigenvalue weighted by Gasteiger charge is -2.25. The largest absolute Gasteiger partial charge is 0.298 e. The summed E-state index contributed by atoms with van der Waals surface area (Å²) in [5, 5.41) is 0. The fourth-order valence-corrected chi connectivity index (χ4v) is 4.05. The van der Waals surface area contributed by atoms with Gasteiger partial charge in [-0.25, -0.2) is 16.8 Å². The summed E-state index contributed by atoms with van der Waals surface area (Å²) in [6, 6.07) is 5.13. The van der Waals surface area contributed by atoms with E-state index in [1.54, 1.807) is 13.8 Å². The second-order valence-corrected chi connectivity index (χ2v) is 9.18. The van der Waals surface area contributed by atoms with Gasteiger partial charge < -0.3 is 0 Å². The van der Waals surface area contributed by atoms with Gasteiger partial charge in [0, 0.05) is 24.4 Å². The number of carbonyl (C=O) groups is 1. The number of sulfonamides is 1. The molecule has 0 fully saturated rings. The Hall–Kier alpha value is -1.25. The second-order valence-electron chi connectivity index (χ2n) is 5.03. The third kappa shape index (κ3) is 4.90. The smallest absolute Gasteiger partial charge is 0.243 e. The van der Waals surface area contributed by atoms with Gasteiger partial charge >= 0.3 is 0 Å². The summed E-state index contributed by atoms with van der Waals surface area (Å²) in [6.07, 6.45) is 1.69. The van der Waals surface area contributed by atoms with Crippen molar-refractivity contribution >= 4 is 26.1 Å². The van der Waals surface area contributed by atoms with Gasteiger partial charge in [0.25, 0.3) is 0 Å². The molecule has 1 aromatic rings. The van der Waals surface area contributed by atoms with Crippen molar-refractivity contribution in [2.75, 3.05) is 18.6 Å². The molecule has 0 amide bonds. The number of benzene rings is 1. The molecule has 0 aliphatic rings. The molecule has 0 heterocycles. The predicted molar refractivity (Wildman–Crippen MR) is 80.6 cm³/mol. The summed E-state index contributed by atoms with van der Waals surface area (Å²) in [6.45, 7) is 3.26. The first-order valence-electron chi connectivity index (χ1n) is 6.33. The number of aldehydes is 1. The van der Waals surface area contributed by atoms with Crippen LogP contribution in [0.3, 0.4) is 0 Å². The molecule has 0 N–H and O–H groups in total. The maximum Gasteiger partial charge on any atom is 0.243 e. The van der Waals surface area contributed by atoms with Crippen molar-refractivity contribution in [1.29, 1.82) is 0 Å². The molecular formula is C13H19NO5S2. The fraction of sp³-hybridized carbons (Fsp3) is 0.462. The Morgan fingerprint density at radius 2 is 1.62 bits per heavy atom. The van der Waals surface area contributed by atoms with E-state index in [1.807, 2.05) is 0 Å². The van der Waals surface area contributed by atoms with Crippen LogP contribution in [0.1, 0.15) is 24.2 Å². The summed E-state index contributed by atoms with van der Waals surface area (Å²) >= 11 is 0. The minimum absolute atomic E-state index is 0.0373. The van der Waals surface area contributed by atoms with E-state index in [-0.39, 0.29) is 23.2 Å². The lowest BCUT2D eigenvalue weighted by atomic mass is 10.2. The number of nitrogens with zero attached hydrogens (tertiary/aromatic N) is 1. The zero-order chi connectivity index (χ0) is 16.3. The number of carbonyl (C=O) groups excluding carboxylic acids is 1. The van der Waals surface area contributed by atoms with Crippen molar-refractivity contribution < 1.29 is 21.6 Å². The average molecular weight is 333 g/mol. The second kappa shape index (κ2) is 6.67. The van der Waals surface area contributed by atoms with Gasteiger partial charge in [-0.15, -0.1) is 0 Å². The van der Waals surface area contributed by atoms with Crippen LogP contribution in [-0.2, 0) is 19.9 Å². The molecule has 0 saturated heterocycles. The van der Waals surface area contributed by atoms with E-state index in [2.05, 4.69) is 0 Å². The van der Waals surface area contributed by atoms with Crippen molar-refractivity contribution in [2.24, 2.45) is 0 Å². The van der Waals surface area contributed by atoms with E-state index in [0.29, 0.717) is 11.8 Å². The van der Waals surface area contributed by atoms with Crippen molar-refractivity contribution in [3.8, 4) is 0 Å². The van der Waals surface area contributed by atoms with Crippen LogP contribution in [0, 0.1) is 0 Å². The zero-order valence-corrected chi connectivity index (χ0v) is 13.8. The van der Waals surface area contributed by atoms with Crippen molar-refractivity contribution in [1.82, 2.24) is 4.31 Å². The van der Waals surface area contributed by atoms with Gasteiger partial charge in [-0.2, -0.15) is 4.31 Å². The summed E-state index contributed by atoms with van der Waals surface area (Å²) in [5.41, 5.74) is 0.376. The Bertz CT molecular complexity index is 691. The zero-order valence-electron chi connectivity index (χ0n) is 12.2. The third-order valence-corrected chi connectivity index (χ3v) is 5.89. The highest BCUT2D eigenvalue weighted by Crippen LogP contribution is 2.18. The molecule has 0 spiro atoms. The number of hydrogen-bond donors (Lipinski definition) is 0. The lowest BCUT2D eigenvalue weighted by Crippen LogP contribution is -2.40. The SMILES string of the molecule is CC(C)N(CCS(C)(=O)=O)S(=O)(=O)c1ccc(C=O)cc1. The molecule has 8 heteroatoms. The van der Waals surface area contributed by atoms with Crippen LogP contribution in [-0.4, -0.2) is 52.0 Å². The molecule has 0 aromatic heterocycles. The Labute approximate surface area is 125 Å². The Balaban J connectivity index is 3.12. The van der Waals surface area contributed by atoms with E-state index >= 15 is 0 Å². The van der Waals surface area contributed by atoms with Gasteiger partial charge in [0.05, 0.1) is 10.6 Å². The molecule has 1 rings (SSSR count). The molecule has 0 bridgehead atoms. The standard InChI is InChI=1S/C13H19NO5S2/c1-11(2)14(8-9-20(3,16)17)21(18,19)13-6-4-12(10-15)5-7-13/h4-7,10-11H,8-9H2,1-3H3. The van der Waals surface area contributed by atoms with E-state index in [4.69, 9.17) is 0 Å². The topological polar surface area (TPSA) is 88.6 Å². The first-order valence-corrected chi connectivity index (χ1v) is 9.83. The maximum atomic E-state index is 12.5. The Morgan fingerprint density at radius 1 is 1.10 bits per heavy atom. The molecule has 0 saturated carbocycles. The quantitative estimate of drug-likeness (QED) is 0.693. The molecular weight excluding hydrogens is 314 g/mol. The Kier molecular flexibility index (Phi) is 5.66. The molecule has 1 aromatic carbocycles. The minimum atomic E-state index is -3.79. The molecule has 0 radical (unpaired) electrons. The molecule has 6 nitrogen and oxygen atoms in total. The number of sulfone groups is 1. The molecule has 0 unspecified atom stereocenters. The summed E-state index contributed by atoms with van der Waals surface area (Å²) in [5.74, 6) is -0.239. The normalized spacial score (nSPS) is 12.8. The van der Waals surface area contributed by atoms with Crippen LogP contribution in [0.15, 0.2) is 29.2 Å². The maximum absolute atomic E-state index is 12.5. The molecule has 0 aliphatic heterocycles. The van der Waals surface area contributed by atoms with E-state index in [9.17, 15) is 21.6 Å². The highest BCUT2D eigenvalue weighted by Gasteiger charge is 2.27. The third-order valence-electron chi connectivity index (χ3n) is 2.88. The van der Waals surface area contributed by atoms with Crippen molar-refractivity contribution in [3.05, 3.63) is 29.8 Å². The lowest BCUT2D eigenvalue weighted by molar-refractivity contribution is 0.112. The van der Waals surface area contributed by atoms with Gasteiger partial charge in [0.2, 0.25) is 10.0 Å². The first-order chi connectivity index (χ1) is 9.58. The van der Waals surface area contributed by atoms with Gasteiger partial charge in [0.15, 0.2) is 0 Å². The Morgan fingerprint density at radius 3 is 2.00 bits per heavy atom. The highest BCUT2D eigenvalue weighted by atomic mass is 32.2. The fourth-order valence-electron chi connectivity index (χ4n) is 1.77. The van der Waals surface area contributed by atoms with Gasteiger partial charge in [0.1, 0.15) is 16.1 Å². The summed E-state index contributed by atoms with van der Waals surface area (Å²) in [4.78, 5) is 10.6. The average Bonchev–Trinajstić information content (AvgIpc) is 2.36.